The van der Waals surface area contributed by atoms with E-state index in [0.717, 1.165) is 47.2 Å². The third-order valence-corrected chi connectivity index (χ3v) is 6.03. The summed E-state index contributed by atoms with van der Waals surface area (Å²) in [6.45, 7) is 5.89. The Labute approximate surface area is 214 Å². The van der Waals surface area contributed by atoms with Crippen LogP contribution in [0.5, 0.6) is 5.75 Å². The van der Waals surface area contributed by atoms with Crippen molar-refractivity contribution in [1.82, 2.24) is 19.4 Å². The molecule has 0 fully saturated rings. The number of benzene rings is 2. The molecule has 4 aromatic rings. The standard InChI is InChI=1S/C26H33N7O.C2H6/c1-27-21-15-22(25(34-6)16-24(21)32(4)14-13-31(2)3)30-26-28-12-11-20(29-26)19-17-33(5)23-10-8-7-9-18(19)23;1-2/h7-12,15-17,27H,13-14H2,1-6H3,(H,28,29,30);1-2H3/p+1. The third kappa shape index (κ3) is 5.95. The van der Waals surface area contributed by atoms with Gasteiger partial charge >= 0.3 is 0 Å². The summed E-state index contributed by atoms with van der Waals surface area (Å²) in [6, 6.07) is 14.4. The molecule has 0 bridgehead atoms. The van der Waals surface area contributed by atoms with Gasteiger partial charge in [0.2, 0.25) is 5.95 Å². The first-order valence-electron chi connectivity index (χ1n) is 12.4. The van der Waals surface area contributed by atoms with Crippen molar-refractivity contribution in [3.8, 4) is 17.0 Å². The van der Waals surface area contributed by atoms with Crippen molar-refractivity contribution in [2.75, 3.05) is 58.6 Å². The first-order valence-corrected chi connectivity index (χ1v) is 12.4. The van der Waals surface area contributed by atoms with E-state index in [0.29, 0.717) is 5.95 Å². The number of hydrogen-bond acceptors (Lipinski definition) is 6. The lowest BCUT2D eigenvalue weighted by atomic mass is 10.1. The van der Waals surface area contributed by atoms with Crippen LogP contribution < -0.4 is 20.3 Å². The Bertz CT molecular complexity index is 1280. The summed E-state index contributed by atoms with van der Waals surface area (Å²) >= 11 is 0. The van der Waals surface area contributed by atoms with E-state index >= 15 is 0 Å². The maximum atomic E-state index is 5.74. The number of aromatic nitrogens is 3. The van der Waals surface area contributed by atoms with Crippen LogP contribution in [0.1, 0.15) is 13.8 Å². The predicted molar refractivity (Wildman–Crippen MR) is 151 cm³/mol. The summed E-state index contributed by atoms with van der Waals surface area (Å²) in [7, 11) is 12.1. The molecule has 0 atom stereocenters. The monoisotopic (exact) mass is 490 g/mol. The zero-order valence-corrected chi connectivity index (χ0v) is 22.8. The normalized spacial score (nSPS) is 10.8. The second kappa shape index (κ2) is 12.4. The first-order chi connectivity index (χ1) is 17.4. The molecule has 0 saturated carbocycles. The molecule has 0 aliphatic heterocycles. The van der Waals surface area contributed by atoms with Gasteiger partial charge in [-0.1, -0.05) is 32.0 Å². The molecule has 4 rings (SSSR count). The Hall–Kier alpha value is -3.62. The van der Waals surface area contributed by atoms with Crippen LogP contribution in [0.3, 0.4) is 0 Å². The van der Waals surface area contributed by atoms with Gasteiger partial charge in [0, 0.05) is 68.2 Å². The fraction of sp³-hybridized carbons (Fsp3) is 0.357. The zero-order chi connectivity index (χ0) is 26.2. The largest absolute Gasteiger partial charge is 0.494 e. The molecule has 8 heteroatoms. The molecule has 36 heavy (non-hydrogen) atoms. The number of likely N-dealkylation sites (N-methyl/N-ethyl adjacent to an activating group) is 2. The summed E-state index contributed by atoms with van der Waals surface area (Å²) < 4.78 is 7.86. The number of hydrogen-bond donors (Lipinski definition) is 2. The Morgan fingerprint density at radius 3 is 2.50 bits per heavy atom. The lowest BCUT2D eigenvalue weighted by Crippen LogP contribution is -2.73. The van der Waals surface area contributed by atoms with Crippen LogP contribution in [-0.4, -0.2) is 67.8 Å². The van der Waals surface area contributed by atoms with Gasteiger partial charge in [0.1, 0.15) is 11.4 Å². The van der Waals surface area contributed by atoms with Gasteiger partial charge in [-0.2, -0.15) is 0 Å². The molecular weight excluding hydrogens is 450 g/mol. The molecule has 0 spiro atoms. The molecule has 0 amide bonds. The number of rotatable bonds is 9. The van der Waals surface area contributed by atoms with E-state index in [1.54, 1.807) is 13.3 Å². The van der Waals surface area contributed by atoms with Crippen molar-refractivity contribution in [2.45, 2.75) is 13.8 Å². The quantitative estimate of drug-likeness (QED) is 0.342. The Morgan fingerprint density at radius 2 is 1.81 bits per heavy atom. The maximum absolute atomic E-state index is 5.74. The van der Waals surface area contributed by atoms with E-state index in [1.807, 2.05) is 27.0 Å². The highest BCUT2D eigenvalue weighted by atomic mass is 16.5. The number of nitrogens with two attached hydrogens (primary N) is 1. The zero-order valence-electron chi connectivity index (χ0n) is 22.8. The number of para-hydroxylation sites is 1. The minimum Gasteiger partial charge on any atom is -0.494 e. The maximum Gasteiger partial charge on any atom is 0.227 e. The van der Waals surface area contributed by atoms with Crippen molar-refractivity contribution in [3.05, 3.63) is 54.9 Å². The molecule has 2 heterocycles. The summed E-state index contributed by atoms with van der Waals surface area (Å²) in [5.74, 6) is 1.27. The summed E-state index contributed by atoms with van der Waals surface area (Å²) in [5.41, 5.74) is 6.19. The Morgan fingerprint density at radius 1 is 1.06 bits per heavy atom. The van der Waals surface area contributed by atoms with Crippen molar-refractivity contribution in [2.24, 2.45) is 7.05 Å². The molecule has 8 nitrogen and oxygen atoms in total. The number of fused-ring (bicyclic) bond motifs is 1. The van der Waals surface area contributed by atoms with E-state index < -0.39 is 0 Å². The number of ether oxygens (including phenoxy) is 1. The van der Waals surface area contributed by atoms with Crippen LogP contribution in [0.25, 0.3) is 22.2 Å². The second-order valence-electron chi connectivity index (χ2n) is 8.69. The lowest BCUT2D eigenvalue weighted by Gasteiger charge is -2.24. The predicted octanol–water partition coefficient (Wildman–Crippen LogP) is 4.24. The van der Waals surface area contributed by atoms with E-state index in [2.05, 4.69) is 101 Å². The molecule has 3 N–H and O–H groups in total. The number of methoxy groups -OCH3 is 1. The van der Waals surface area contributed by atoms with Crippen LogP contribution in [-0.2, 0) is 7.05 Å². The number of nitrogens with one attached hydrogen (secondary N) is 1. The van der Waals surface area contributed by atoms with E-state index in [-0.39, 0.29) is 0 Å². The van der Waals surface area contributed by atoms with Crippen LogP contribution in [0, 0.1) is 0 Å². The van der Waals surface area contributed by atoms with Crippen molar-refractivity contribution < 1.29 is 10.1 Å². The molecule has 2 aromatic heterocycles. The molecular formula is C28H40N7O+. The number of anilines is 3. The number of aryl methyl sites for hydroxylation is 1. The van der Waals surface area contributed by atoms with Crippen molar-refractivity contribution in [1.29, 1.82) is 0 Å². The van der Waals surface area contributed by atoms with Gasteiger partial charge in [-0.05, 0) is 26.2 Å². The Kier molecular flexibility index (Phi) is 9.27. The average molecular weight is 491 g/mol. The van der Waals surface area contributed by atoms with Crippen molar-refractivity contribution in [3.63, 3.8) is 0 Å². The lowest BCUT2D eigenvalue weighted by molar-refractivity contribution is -0.538. The molecule has 0 unspecified atom stereocenters. The van der Waals surface area contributed by atoms with Crippen molar-refractivity contribution >= 4 is 33.9 Å². The molecule has 0 radical (unpaired) electrons. The minimum absolute atomic E-state index is 0.527. The first kappa shape index (κ1) is 27.0. The van der Waals surface area contributed by atoms with Gasteiger partial charge in [-0.25, -0.2) is 9.97 Å². The van der Waals surface area contributed by atoms with Gasteiger partial charge in [0.15, 0.2) is 5.69 Å². The van der Waals surface area contributed by atoms with E-state index in [9.17, 15) is 0 Å². The van der Waals surface area contributed by atoms with Crippen LogP contribution in [0.2, 0.25) is 0 Å². The second-order valence-corrected chi connectivity index (χ2v) is 8.69. The topological polar surface area (TPSA) is 75.1 Å². The summed E-state index contributed by atoms with van der Waals surface area (Å²) in [4.78, 5) is 13.7. The van der Waals surface area contributed by atoms with E-state index in [1.165, 1.54) is 10.9 Å². The van der Waals surface area contributed by atoms with Crippen LogP contribution >= 0.6 is 0 Å². The highest BCUT2D eigenvalue weighted by Gasteiger charge is 2.17. The average Bonchev–Trinajstić information content (AvgIpc) is 3.25. The SMILES string of the molecule is CC.C[NH2+]c1cc(Nc2nccc(-c3cn(C)c4ccccc34)n2)c(OC)cc1N(C)CCN(C)C. The highest BCUT2D eigenvalue weighted by molar-refractivity contribution is 5.95. The number of quaternary nitrogens is 1. The highest BCUT2D eigenvalue weighted by Crippen LogP contribution is 2.36. The fourth-order valence-corrected chi connectivity index (χ4v) is 4.12. The van der Waals surface area contributed by atoms with Crippen LogP contribution in [0.4, 0.5) is 23.0 Å². The van der Waals surface area contributed by atoms with Gasteiger partial charge < -0.3 is 29.7 Å². The number of nitrogens with zero attached hydrogens (tertiary/aromatic N) is 5. The third-order valence-electron chi connectivity index (χ3n) is 6.03. The molecule has 0 aliphatic rings. The van der Waals surface area contributed by atoms with E-state index in [4.69, 9.17) is 9.72 Å². The summed E-state index contributed by atoms with van der Waals surface area (Å²) in [6.07, 6.45) is 3.90. The molecule has 192 valence electrons. The Balaban J connectivity index is 0.00000176. The van der Waals surface area contributed by atoms with Gasteiger partial charge in [0.05, 0.1) is 25.5 Å². The molecule has 0 aliphatic carbocycles. The van der Waals surface area contributed by atoms with Gasteiger partial charge in [0.25, 0.3) is 0 Å². The summed E-state index contributed by atoms with van der Waals surface area (Å²) in [5, 5.41) is 6.66. The minimum atomic E-state index is 0.527. The smallest absolute Gasteiger partial charge is 0.227 e. The van der Waals surface area contributed by atoms with Gasteiger partial charge in [-0.3, -0.25) is 0 Å². The van der Waals surface area contributed by atoms with Crippen LogP contribution in [0.15, 0.2) is 54.9 Å². The molecule has 0 saturated heterocycles. The van der Waals surface area contributed by atoms with Gasteiger partial charge in [-0.15, -0.1) is 0 Å². The fourth-order valence-electron chi connectivity index (χ4n) is 4.12. The molecule has 2 aromatic carbocycles.